The van der Waals surface area contributed by atoms with Crippen LogP contribution in [0.2, 0.25) is 0 Å². The van der Waals surface area contributed by atoms with Crippen molar-refractivity contribution >= 4 is 11.6 Å². The Hall–Kier alpha value is -3.02. The van der Waals surface area contributed by atoms with Crippen LogP contribution < -0.4 is 4.90 Å². The van der Waals surface area contributed by atoms with Crippen LogP contribution in [-0.4, -0.2) is 16.0 Å². The molecule has 3 aromatic rings. The second-order valence-electron chi connectivity index (χ2n) is 6.23. The summed E-state index contributed by atoms with van der Waals surface area (Å²) in [7, 11) is 0. The third-order valence-corrected chi connectivity index (χ3v) is 4.35. The zero-order valence-corrected chi connectivity index (χ0v) is 13.9. The average molecular weight is 337 g/mol. The molecule has 3 heterocycles. The van der Waals surface area contributed by atoms with Crippen molar-refractivity contribution in [3.63, 3.8) is 0 Å². The molecule has 0 aliphatic carbocycles. The SMILES string of the molecule is Cc1cc(CN2C(=O)Cc3ncc(-c4ccc(F)cc4C)cc32)no1. The molecule has 2 aromatic heterocycles. The first-order chi connectivity index (χ1) is 12.0. The summed E-state index contributed by atoms with van der Waals surface area (Å²) in [5, 5.41) is 3.96. The Balaban J connectivity index is 1.72. The molecule has 25 heavy (non-hydrogen) atoms. The van der Waals surface area contributed by atoms with E-state index < -0.39 is 0 Å². The zero-order valence-electron chi connectivity index (χ0n) is 13.9. The number of anilines is 1. The molecule has 0 bridgehead atoms. The molecule has 0 N–H and O–H groups in total. The van der Waals surface area contributed by atoms with Gasteiger partial charge >= 0.3 is 0 Å². The van der Waals surface area contributed by atoms with Gasteiger partial charge in [0.15, 0.2) is 0 Å². The molecule has 0 saturated heterocycles. The Morgan fingerprint density at radius 2 is 2.08 bits per heavy atom. The summed E-state index contributed by atoms with van der Waals surface area (Å²) in [6.45, 7) is 4.01. The first-order valence-corrected chi connectivity index (χ1v) is 7.99. The lowest BCUT2D eigenvalue weighted by Crippen LogP contribution is -2.26. The number of rotatable bonds is 3. The molecule has 0 atom stereocenters. The number of hydrogen-bond donors (Lipinski definition) is 0. The third kappa shape index (κ3) is 2.80. The first-order valence-electron chi connectivity index (χ1n) is 7.99. The molecule has 4 rings (SSSR count). The highest BCUT2D eigenvalue weighted by atomic mass is 19.1. The van der Waals surface area contributed by atoms with E-state index in [9.17, 15) is 9.18 Å². The third-order valence-electron chi connectivity index (χ3n) is 4.35. The van der Waals surface area contributed by atoms with Crippen LogP contribution in [0.4, 0.5) is 10.1 Å². The summed E-state index contributed by atoms with van der Waals surface area (Å²) in [5.74, 6) is 0.417. The van der Waals surface area contributed by atoms with Crippen molar-refractivity contribution in [3.8, 4) is 11.1 Å². The molecule has 0 spiro atoms. The summed E-state index contributed by atoms with van der Waals surface area (Å²) < 4.78 is 18.4. The molecule has 1 aliphatic heterocycles. The predicted octanol–water partition coefficient (Wildman–Crippen LogP) is 3.58. The molecular formula is C19H16FN3O2. The zero-order chi connectivity index (χ0) is 17.6. The standard InChI is InChI=1S/C19H16FN3O2/c1-11-5-14(20)3-4-16(11)13-7-18-17(21-9-13)8-19(24)23(18)10-15-6-12(2)25-22-15/h3-7,9H,8,10H2,1-2H3. The average Bonchev–Trinajstić information content (AvgIpc) is 3.11. The van der Waals surface area contributed by atoms with E-state index in [0.717, 1.165) is 28.1 Å². The van der Waals surface area contributed by atoms with Gasteiger partial charge in [-0.15, -0.1) is 0 Å². The predicted molar refractivity (Wildman–Crippen MR) is 90.5 cm³/mol. The fraction of sp³-hybridized carbons (Fsp3) is 0.211. The molecule has 0 saturated carbocycles. The van der Waals surface area contributed by atoms with E-state index in [2.05, 4.69) is 10.1 Å². The van der Waals surface area contributed by atoms with Gasteiger partial charge in [0, 0.05) is 17.8 Å². The number of amides is 1. The molecule has 6 heteroatoms. The lowest BCUT2D eigenvalue weighted by atomic mass is 10.0. The maximum atomic E-state index is 13.4. The Morgan fingerprint density at radius 3 is 2.80 bits per heavy atom. The van der Waals surface area contributed by atoms with Crippen LogP contribution >= 0.6 is 0 Å². The van der Waals surface area contributed by atoms with Gasteiger partial charge < -0.3 is 9.42 Å². The minimum atomic E-state index is -0.270. The van der Waals surface area contributed by atoms with E-state index in [1.54, 1.807) is 17.2 Å². The van der Waals surface area contributed by atoms with Crippen LogP contribution in [0.1, 0.15) is 22.7 Å². The number of aryl methyl sites for hydroxylation is 2. The molecule has 126 valence electrons. The molecule has 0 unspecified atom stereocenters. The second-order valence-corrected chi connectivity index (χ2v) is 6.23. The van der Waals surface area contributed by atoms with Crippen LogP contribution in [0.15, 0.2) is 41.1 Å². The van der Waals surface area contributed by atoms with Crippen LogP contribution in [0, 0.1) is 19.7 Å². The highest BCUT2D eigenvalue weighted by molar-refractivity contribution is 6.01. The monoisotopic (exact) mass is 337 g/mol. The maximum absolute atomic E-state index is 13.4. The van der Waals surface area contributed by atoms with Crippen LogP contribution in [0.5, 0.6) is 0 Å². The van der Waals surface area contributed by atoms with Crippen LogP contribution in [0.25, 0.3) is 11.1 Å². The molecule has 1 aromatic carbocycles. The largest absolute Gasteiger partial charge is 0.361 e. The van der Waals surface area contributed by atoms with Crippen molar-refractivity contribution in [1.29, 1.82) is 0 Å². The van der Waals surface area contributed by atoms with Crippen molar-refractivity contribution in [2.45, 2.75) is 26.8 Å². The normalized spacial score (nSPS) is 13.4. The minimum absolute atomic E-state index is 0.0175. The minimum Gasteiger partial charge on any atom is -0.361 e. The first kappa shape index (κ1) is 15.5. The van der Waals surface area contributed by atoms with Crippen molar-refractivity contribution in [3.05, 3.63) is 65.1 Å². The van der Waals surface area contributed by atoms with Gasteiger partial charge in [-0.25, -0.2) is 4.39 Å². The molecule has 1 amide bonds. The summed E-state index contributed by atoms with van der Waals surface area (Å²) in [6, 6.07) is 8.39. The fourth-order valence-corrected chi connectivity index (χ4v) is 3.15. The highest BCUT2D eigenvalue weighted by Crippen LogP contribution is 2.33. The number of halogens is 1. The number of pyridine rings is 1. The van der Waals surface area contributed by atoms with Gasteiger partial charge in [-0.3, -0.25) is 9.78 Å². The van der Waals surface area contributed by atoms with Crippen LogP contribution in [0.3, 0.4) is 0 Å². The van der Waals surface area contributed by atoms with Crippen LogP contribution in [-0.2, 0) is 17.8 Å². The number of nitrogens with zero attached hydrogens (tertiary/aromatic N) is 3. The van der Waals surface area contributed by atoms with E-state index in [1.165, 1.54) is 12.1 Å². The molecule has 0 fully saturated rings. The van der Waals surface area contributed by atoms with E-state index in [-0.39, 0.29) is 18.1 Å². The number of carbonyl (C=O) groups excluding carboxylic acids is 1. The number of fused-ring (bicyclic) bond motifs is 1. The van der Waals surface area contributed by atoms with Gasteiger partial charge in [0.25, 0.3) is 0 Å². The molecule has 5 nitrogen and oxygen atoms in total. The smallest absolute Gasteiger partial charge is 0.233 e. The Labute approximate surface area is 144 Å². The van der Waals surface area contributed by atoms with Crippen molar-refractivity contribution < 1.29 is 13.7 Å². The number of carbonyl (C=O) groups is 1. The van der Waals surface area contributed by atoms with Crippen molar-refractivity contribution in [1.82, 2.24) is 10.1 Å². The lowest BCUT2D eigenvalue weighted by molar-refractivity contribution is -0.117. The molecule has 0 radical (unpaired) electrons. The number of hydrogen-bond acceptors (Lipinski definition) is 4. The quantitative estimate of drug-likeness (QED) is 0.733. The van der Waals surface area contributed by atoms with Gasteiger partial charge in [0.2, 0.25) is 5.91 Å². The Morgan fingerprint density at radius 1 is 1.24 bits per heavy atom. The Bertz CT molecular complexity index is 981. The van der Waals surface area contributed by atoms with Gasteiger partial charge in [-0.2, -0.15) is 0 Å². The number of benzene rings is 1. The summed E-state index contributed by atoms with van der Waals surface area (Å²) in [5.41, 5.74) is 4.79. The summed E-state index contributed by atoms with van der Waals surface area (Å²) in [6.07, 6.45) is 2.00. The van der Waals surface area contributed by atoms with Crippen molar-refractivity contribution in [2.24, 2.45) is 0 Å². The van der Waals surface area contributed by atoms with Gasteiger partial charge in [-0.1, -0.05) is 11.2 Å². The number of aromatic nitrogens is 2. The summed E-state index contributed by atoms with van der Waals surface area (Å²) >= 11 is 0. The molecule has 1 aliphatic rings. The van der Waals surface area contributed by atoms with Crippen molar-refractivity contribution in [2.75, 3.05) is 4.90 Å². The van der Waals surface area contributed by atoms with Gasteiger partial charge in [-0.05, 0) is 43.2 Å². The van der Waals surface area contributed by atoms with Gasteiger partial charge in [0.1, 0.15) is 17.3 Å². The highest BCUT2D eigenvalue weighted by Gasteiger charge is 2.29. The van der Waals surface area contributed by atoms with E-state index >= 15 is 0 Å². The lowest BCUT2D eigenvalue weighted by Gasteiger charge is -2.16. The van der Waals surface area contributed by atoms with E-state index in [0.29, 0.717) is 18.0 Å². The van der Waals surface area contributed by atoms with E-state index in [4.69, 9.17) is 4.52 Å². The van der Waals surface area contributed by atoms with E-state index in [1.807, 2.05) is 26.0 Å². The summed E-state index contributed by atoms with van der Waals surface area (Å²) in [4.78, 5) is 18.5. The van der Waals surface area contributed by atoms with Gasteiger partial charge in [0.05, 0.1) is 24.3 Å². The topological polar surface area (TPSA) is 59.2 Å². The Kier molecular flexibility index (Phi) is 3.60. The second kappa shape index (κ2) is 5.81. The fourth-order valence-electron chi connectivity index (χ4n) is 3.15. The maximum Gasteiger partial charge on any atom is 0.233 e. The molecular weight excluding hydrogens is 321 g/mol.